The second kappa shape index (κ2) is 7.14. The molecule has 9 heteroatoms. The lowest BCUT2D eigenvalue weighted by molar-refractivity contribution is -0.143. The molecule has 0 aliphatic rings. The molecule has 0 aliphatic carbocycles. The number of carbonyl (C=O) groups is 1. The maximum absolute atomic E-state index is 12.7. The molecule has 0 bridgehead atoms. The molecule has 2 N–H and O–H groups in total. The van der Waals surface area contributed by atoms with Gasteiger partial charge in [-0.2, -0.15) is 26.3 Å². The molecule has 0 saturated carbocycles. The molecular formula is C15H16F6N2O. The fourth-order valence-corrected chi connectivity index (χ4v) is 1.54. The van der Waals surface area contributed by atoms with E-state index >= 15 is 0 Å². The summed E-state index contributed by atoms with van der Waals surface area (Å²) in [7, 11) is 0. The SMILES string of the molecule is C/C(=C\NC(=O)Nc1cc(C(F)(F)F)cc(C(F)(F)F)c1)C(C)C. The van der Waals surface area contributed by atoms with E-state index in [0.29, 0.717) is 12.1 Å². The third kappa shape index (κ3) is 5.78. The maximum Gasteiger partial charge on any atom is 0.416 e. The first-order valence-electron chi connectivity index (χ1n) is 6.84. The molecule has 0 spiro atoms. The molecule has 24 heavy (non-hydrogen) atoms. The summed E-state index contributed by atoms with van der Waals surface area (Å²) >= 11 is 0. The number of nitrogens with one attached hydrogen (secondary N) is 2. The lowest BCUT2D eigenvalue weighted by Crippen LogP contribution is -2.25. The molecule has 0 aliphatic heterocycles. The van der Waals surface area contributed by atoms with Crippen molar-refractivity contribution in [2.75, 3.05) is 5.32 Å². The minimum Gasteiger partial charge on any atom is -0.314 e. The third-order valence-electron chi connectivity index (χ3n) is 3.19. The molecule has 134 valence electrons. The van der Waals surface area contributed by atoms with Crippen LogP contribution in [0.1, 0.15) is 31.9 Å². The van der Waals surface area contributed by atoms with E-state index in [9.17, 15) is 31.1 Å². The van der Waals surface area contributed by atoms with Gasteiger partial charge < -0.3 is 10.6 Å². The predicted molar refractivity (Wildman–Crippen MR) is 77.2 cm³/mol. The summed E-state index contributed by atoms with van der Waals surface area (Å²) in [5, 5.41) is 4.22. The van der Waals surface area contributed by atoms with Crippen LogP contribution in [0.2, 0.25) is 0 Å². The first-order valence-corrected chi connectivity index (χ1v) is 6.84. The summed E-state index contributed by atoms with van der Waals surface area (Å²) in [6.07, 6.45) is -8.61. The van der Waals surface area contributed by atoms with Crippen LogP contribution in [0.15, 0.2) is 30.0 Å². The molecule has 1 rings (SSSR count). The van der Waals surface area contributed by atoms with Gasteiger partial charge in [0.25, 0.3) is 0 Å². The number of hydrogen-bond donors (Lipinski definition) is 2. The van der Waals surface area contributed by atoms with Gasteiger partial charge in [0.1, 0.15) is 0 Å². The average Bonchev–Trinajstić information content (AvgIpc) is 2.42. The zero-order valence-electron chi connectivity index (χ0n) is 13.1. The predicted octanol–water partition coefficient (Wildman–Crippen LogP) is 5.41. The Kier molecular flexibility index (Phi) is 5.91. The summed E-state index contributed by atoms with van der Waals surface area (Å²) in [5.74, 6) is 0.121. The number of urea groups is 1. The Labute approximate surface area is 134 Å². The van der Waals surface area contributed by atoms with Gasteiger partial charge in [0.05, 0.1) is 11.1 Å². The molecule has 0 saturated heterocycles. The Bertz CT molecular complexity index is 600. The van der Waals surface area contributed by atoms with Gasteiger partial charge in [-0.3, -0.25) is 0 Å². The largest absolute Gasteiger partial charge is 0.416 e. The first-order chi connectivity index (χ1) is 10.8. The van der Waals surface area contributed by atoms with Crippen LogP contribution in [0, 0.1) is 5.92 Å². The van der Waals surface area contributed by atoms with Crippen LogP contribution in [-0.2, 0) is 12.4 Å². The molecule has 0 radical (unpaired) electrons. The summed E-state index contributed by atoms with van der Waals surface area (Å²) in [6.45, 7) is 5.43. The van der Waals surface area contributed by atoms with E-state index in [1.165, 1.54) is 6.20 Å². The summed E-state index contributed by atoms with van der Waals surface area (Å²) in [6, 6.07) is -0.0736. The minimum atomic E-state index is -4.97. The summed E-state index contributed by atoms with van der Waals surface area (Å²) < 4.78 is 76.3. The van der Waals surface area contributed by atoms with E-state index in [1.54, 1.807) is 6.92 Å². The molecule has 0 heterocycles. The Morgan fingerprint density at radius 1 is 1.00 bits per heavy atom. The van der Waals surface area contributed by atoms with Crippen LogP contribution >= 0.6 is 0 Å². The highest BCUT2D eigenvalue weighted by Gasteiger charge is 2.37. The number of rotatable bonds is 3. The van der Waals surface area contributed by atoms with Crippen LogP contribution in [0.4, 0.5) is 36.8 Å². The molecule has 0 aromatic heterocycles. The summed E-state index contributed by atoms with van der Waals surface area (Å²) in [5.41, 5.74) is -2.82. The normalized spacial score (nSPS) is 13.2. The lowest BCUT2D eigenvalue weighted by Gasteiger charge is -2.15. The highest BCUT2D eigenvalue weighted by atomic mass is 19.4. The minimum absolute atomic E-state index is 0.00804. The number of anilines is 1. The van der Waals surface area contributed by atoms with Crippen LogP contribution < -0.4 is 10.6 Å². The van der Waals surface area contributed by atoms with E-state index in [0.717, 1.165) is 5.57 Å². The molecule has 0 atom stereocenters. The van der Waals surface area contributed by atoms with Crippen molar-refractivity contribution in [3.05, 3.63) is 41.1 Å². The highest BCUT2D eigenvalue weighted by Crippen LogP contribution is 2.37. The molecule has 2 amide bonds. The van der Waals surface area contributed by atoms with Crippen LogP contribution in [-0.4, -0.2) is 6.03 Å². The van der Waals surface area contributed by atoms with Crippen LogP contribution in [0.5, 0.6) is 0 Å². The van der Waals surface area contributed by atoms with E-state index in [-0.39, 0.29) is 12.0 Å². The van der Waals surface area contributed by atoms with Crippen molar-refractivity contribution in [3.8, 4) is 0 Å². The van der Waals surface area contributed by atoms with Crippen molar-refractivity contribution in [3.63, 3.8) is 0 Å². The van der Waals surface area contributed by atoms with Crippen molar-refractivity contribution in [2.45, 2.75) is 33.1 Å². The van der Waals surface area contributed by atoms with Crippen molar-refractivity contribution in [1.82, 2.24) is 5.32 Å². The van der Waals surface area contributed by atoms with E-state index in [1.807, 2.05) is 19.2 Å². The van der Waals surface area contributed by atoms with Crippen molar-refractivity contribution in [1.29, 1.82) is 0 Å². The number of allylic oxidation sites excluding steroid dienone is 1. The second-order valence-electron chi connectivity index (χ2n) is 5.44. The summed E-state index contributed by atoms with van der Waals surface area (Å²) in [4.78, 5) is 11.6. The fourth-order valence-electron chi connectivity index (χ4n) is 1.54. The Hall–Kier alpha value is -2.19. The van der Waals surface area contributed by atoms with Crippen LogP contribution in [0.3, 0.4) is 0 Å². The Morgan fingerprint density at radius 3 is 1.83 bits per heavy atom. The van der Waals surface area contributed by atoms with E-state index in [2.05, 4.69) is 5.32 Å². The maximum atomic E-state index is 12.7. The monoisotopic (exact) mass is 354 g/mol. The average molecular weight is 354 g/mol. The van der Waals surface area contributed by atoms with Crippen molar-refractivity contribution in [2.24, 2.45) is 5.92 Å². The van der Waals surface area contributed by atoms with Gasteiger partial charge in [-0.05, 0) is 31.0 Å². The molecule has 3 nitrogen and oxygen atoms in total. The zero-order chi connectivity index (χ0) is 18.7. The fraction of sp³-hybridized carbons (Fsp3) is 0.400. The molecule has 0 unspecified atom stereocenters. The lowest BCUT2D eigenvalue weighted by atomic mass is 10.1. The number of benzene rings is 1. The number of hydrogen-bond acceptors (Lipinski definition) is 1. The number of amides is 2. The van der Waals surface area contributed by atoms with Gasteiger partial charge >= 0.3 is 18.4 Å². The second-order valence-corrected chi connectivity index (χ2v) is 5.44. The van der Waals surface area contributed by atoms with E-state index in [4.69, 9.17) is 0 Å². The van der Waals surface area contributed by atoms with Gasteiger partial charge in [-0.25, -0.2) is 4.79 Å². The molecular weight excluding hydrogens is 338 g/mol. The Balaban J connectivity index is 3.07. The molecule has 1 aromatic carbocycles. The van der Waals surface area contributed by atoms with E-state index < -0.39 is 35.2 Å². The molecule has 1 aromatic rings. The van der Waals surface area contributed by atoms with Crippen LogP contribution in [0.25, 0.3) is 0 Å². The van der Waals surface area contributed by atoms with Gasteiger partial charge in [-0.15, -0.1) is 0 Å². The zero-order valence-corrected chi connectivity index (χ0v) is 13.1. The molecule has 0 fully saturated rings. The van der Waals surface area contributed by atoms with Gasteiger partial charge in [0.2, 0.25) is 0 Å². The van der Waals surface area contributed by atoms with Crippen molar-refractivity contribution < 1.29 is 31.1 Å². The smallest absolute Gasteiger partial charge is 0.314 e. The quantitative estimate of drug-likeness (QED) is 0.701. The standard InChI is InChI=1S/C15H16F6N2O/c1-8(2)9(3)7-22-13(24)23-12-5-10(14(16,17)18)4-11(6-12)15(19,20)21/h4-8H,1-3H3,(H2,22,23,24)/b9-7+. The number of halogens is 6. The number of carbonyl (C=O) groups excluding carboxylic acids is 1. The van der Waals surface area contributed by atoms with Crippen molar-refractivity contribution >= 4 is 11.7 Å². The third-order valence-corrected chi connectivity index (χ3v) is 3.19. The number of alkyl halides is 6. The highest BCUT2D eigenvalue weighted by molar-refractivity contribution is 5.90. The Morgan fingerprint density at radius 2 is 1.46 bits per heavy atom. The first kappa shape index (κ1) is 19.9. The van der Waals surface area contributed by atoms with Gasteiger partial charge in [-0.1, -0.05) is 19.4 Å². The van der Waals surface area contributed by atoms with Gasteiger partial charge in [0, 0.05) is 11.9 Å². The topological polar surface area (TPSA) is 41.1 Å². The van der Waals surface area contributed by atoms with Gasteiger partial charge in [0.15, 0.2) is 0 Å².